The van der Waals surface area contributed by atoms with Gasteiger partial charge in [-0.25, -0.2) is 9.78 Å². The Hall–Kier alpha value is -1.82. The van der Waals surface area contributed by atoms with Crippen molar-refractivity contribution in [2.75, 3.05) is 0 Å². The van der Waals surface area contributed by atoms with E-state index in [0.717, 1.165) is 48.1 Å². The molecule has 1 aromatic heterocycles. The van der Waals surface area contributed by atoms with Crippen LogP contribution in [0.2, 0.25) is 0 Å². The standard InChI is InChI=1S/C22H26BrN3O2/c1-22(2,3)28-21(27)26-17-10-13(17)11-18(26)20-24-16-6-4-5-12-9-14(23)7-8-15(12)19(16)25-20/h7-9,13,17-18H,4-6,10-11H2,1-3H3,(H,24,25)/t13-,17-,18+/m1/s1. The third-order valence-corrected chi connectivity index (χ3v) is 6.51. The van der Waals surface area contributed by atoms with Crippen molar-refractivity contribution < 1.29 is 9.53 Å². The van der Waals surface area contributed by atoms with Crippen molar-refractivity contribution >= 4 is 22.0 Å². The number of piperidine rings is 1. The largest absolute Gasteiger partial charge is 0.444 e. The second-order valence-corrected chi connectivity index (χ2v) is 10.2. The summed E-state index contributed by atoms with van der Waals surface area (Å²) in [7, 11) is 0. The number of aromatic nitrogens is 2. The zero-order valence-corrected chi connectivity index (χ0v) is 18.2. The molecule has 0 bridgehead atoms. The van der Waals surface area contributed by atoms with E-state index >= 15 is 0 Å². The predicted molar refractivity (Wildman–Crippen MR) is 111 cm³/mol. The van der Waals surface area contributed by atoms with Gasteiger partial charge in [-0.1, -0.05) is 22.0 Å². The summed E-state index contributed by atoms with van der Waals surface area (Å²) in [5.41, 5.74) is 4.32. The summed E-state index contributed by atoms with van der Waals surface area (Å²) in [5, 5.41) is 0. The molecule has 0 spiro atoms. The quantitative estimate of drug-likeness (QED) is 0.641. The third kappa shape index (κ3) is 3.15. The molecular weight excluding hydrogens is 418 g/mol. The summed E-state index contributed by atoms with van der Waals surface area (Å²) < 4.78 is 6.81. The van der Waals surface area contributed by atoms with E-state index in [0.29, 0.717) is 12.0 Å². The molecule has 3 atom stereocenters. The number of carbonyl (C=O) groups is 1. The summed E-state index contributed by atoms with van der Waals surface area (Å²) >= 11 is 3.59. The van der Waals surface area contributed by atoms with E-state index in [4.69, 9.17) is 9.72 Å². The van der Waals surface area contributed by atoms with E-state index in [1.165, 1.54) is 16.8 Å². The van der Waals surface area contributed by atoms with E-state index in [-0.39, 0.29) is 12.1 Å². The fraction of sp³-hybridized carbons (Fsp3) is 0.545. The number of likely N-dealkylation sites (tertiary alicyclic amines) is 1. The number of rotatable bonds is 1. The Morgan fingerprint density at radius 1 is 1.29 bits per heavy atom. The van der Waals surface area contributed by atoms with Crippen LogP contribution < -0.4 is 0 Å². The lowest BCUT2D eigenvalue weighted by atomic mass is 10.0. The molecule has 148 valence electrons. The van der Waals surface area contributed by atoms with Crippen LogP contribution >= 0.6 is 15.9 Å². The molecule has 1 amide bonds. The number of amides is 1. The summed E-state index contributed by atoms with van der Waals surface area (Å²) in [6.45, 7) is 5.76. The molecule has 2 aliphatic carbocycles. The van der Waals surface area contributed by atoms with Crippen LogP contribution in [-0.4, -0.2) is 32.6 Å². The topological polar surface area (TPSA) is 58.2 Å². The van der Waals surface area contributed by atoms with E-state index in [1.807, 2.05) is 25.7 Å². The average Bonchev–Trinajstić information content (AvgIpc) is 3.12. The number of carbonyl (C=O) groups excluding carboxylic acids is 1. The Balaban J connectivity index is 1.49. The smallest absolute Gasteiger partial charge is 0.411 e. The lowest BCUT2D eigenvalue weighted by molar-refractivity contribution is 0.0175. The van der Waals surface area contributed by atoms with Gasteiger partial charge in [-0.05, 0) is 76.5 Å². The van der Waals surface area contributed by atoms with Gasteiger partial charge in [-0.2, -0.15) is 0 Å². The van der Waals surface area contributed by atoms with Crippen LogP contribution in [0.5, 0.6) is 0 Å². The number of H-pyrrole nitrogens is 1. The van der Waals surface area contributed by atoms with Gasteiger partial charge in [0.05, 0.1) is 11.7 Å². The molecule has 3 aliphatic rings. The molecule has 1 aliphatic heterocycles. The van der Waals surface area contributed by atoms with Gasteiger partial charge in [-0.3, -0.25) is 4.90 Å². The number of fused-ring (bicyclic) bond motifs is 4. The predicted octanol–water partition coefficient (Wildman–Crippen LogP) is 5.40. The van der Waals surface area contributed by atoms with Gasteiger partial charge in [0.2, 0.25) is 0 Å². The highest BCUT2D eigenvalue weighted by molar-refractivity contribution is 9.10. The SMILES string of the molecule is CC(C)(C)OC(=O)N1[C@@H]2C[C@@H]2C[C@H]1c1nc2c([nH]1)CCCc1cc(Br)ccc1-2. The van der Waals surface area contributed by atoms with Gasteiger partial charge in [0.25, 0.3) is 0 Å². The number of imidazole rings is 1. The van der Waals surface area contributed by atoms with E-state index in [2.05, 4.69) is 39.1 Å². The van der Waals surface area contributed by atoms with Gasteiger partial charge in [0, 0.05) is 21.8 Å². The number of nitrogens with zero attached hydrogens (tertiary/aromatic N) is 2. The number of aromatic amines is 1. The van der Waals surface area contributed by atoms with Crippen LogP contribution in [0.3, 0.4) is 0 Å². The first-order valence-corrected chi connectivity index (χ1v) is 11.0. The van der Waals surface area contributed by atoms with Gasteiger partial charge in [0.1, 0.15) is 11.4 Å². The lowest BCUT2D eigenvalue weighted by Gasteiger charge is -2.29. The minimum absolute atomic E-state index is 0.00979. The number of ether oxygens (including phenoxy) is 1. The van der Waals surface area contributed by atoms with Crippen LogP contribution in [0.1, 0.15) is 63.2 Å². The first-order valence-electron chi connectivity index (χ1n) is 10.2. The molecular formula is C22H26BrN3O2. The van der Waals surface area contributed by atoms with Gasteiger partial charge in [0.15, 0.2) is 0 Å². The molecule has 1 saturated heterocycles. The molecule has 5 rings (SSSR count). The Kier molecular flexibility index (Phi) is 4.13. The highest BCUT2D eigenvalue weighted by atomic mass is 79.9. The van der Waals surface area contributed by atoms with Gasteiger partial charge < -0.3 is 9.72 Å². The summed E-state index contributed by atoms with van der Waals surface area (Å²) in [5.74, 6) is 1.50. The minimum atomic E-state index is -0.485. The Morgan fingerprint density at radius 3 is 2.89 bits per heavy atom. The van der Waals surface area contributed by atoms with Crippen molar-refractivity contribution in [3.8, 4) is 11.3 Å². The van der Waals surface area contributed by atoms with Crippen LogP contribution in [0.4, 0.5) is 4.79 Å². The first-order chi connectivity index (χ1) is 13.3. The van der Waals surface area contributed by atoms with Crippen molar-refractivity contribution in [1.29, 1.82) is 0 Å². The summed E-state index contributed by atoms with van der Waals surface area (Å²) in [6.07, 6.45) is 5.01. The maximum atomic E-state index is 12.9. The zero-order valence-electron chi connectivity index (χ0n) is 16.6. The number of nitrogens with one attached hydrogen (secondary N) is 1. The molecule has 28 heavy (non-hydrogen) atoms. The molecule has 1 aromatic carbocycles. The Bertz CT molecular complexity index is 946. The van der Waals surface area contributed by atoms with Crippen molar-refractivity contribution in [2.24, 2.45) is 5.92 Å². The summed E-state index contributed by atoms with van der Waals surface area (Å²) in [4.78, 5) is 23.4. The zero-order chi connectivity index (χ0) is 19.6. The molecule has 0 unspecified atom stereocenters. The Morgan fingerprint density at radius 2 is 2.11 bits per heavy atom. The molecule has 5 nitrogen and oxygen atoms in total. The Labute approximate surface area is 174 Å². The van der Waals surface area contributed by atoms with Crippen LogP contribution in [0, 0.1) is 5.92 Å². The molecule has 2 fully saturated rings. The second-order valence-electron chi connectivity index (χ2n) is 9.31. The molecule has 1 N–H and O–H groups in total. The molecule has 0 radical (unpaired) electrons. The summed E-state index contributed by atoms with van der Waals surface area (Å²) in [6, 6.07) is 6.75. The molecule has 2 aromatic rings. The number of benzene rings is 1. The monoisotopic (exact) mass is 443 g/mol. The van der Waals surface area contributed by atoms with Gasteiger partial charge in [-0.15, -0.1) is 0 Å². The fourth-order valence-electron chi connectivity index (χ4n) is 4.72. The highest BCUT2D eigenvalue weighted by Crippen LogP contribution is 2.53. The minimum Gasteiger partial charge on any atom is -0.444 e. The van der Waals surface area contributed by atoms with Crippen LogP contribution in [-0.2, 0) is 17.6 Å². The van der Waals surface area contributed by atoms with Crippen molar-refractivity contribution in [3.05, 3.63) is 39.8 Å². The highest BCUT2D eigenvalue weighted by Gasteiger charge is 2.56. The number of halogens is 1. The van der Waals surface area contributed by atoms with Crippen molar-refractivity contribution in [1.82, 2.24) is 14.9 Å². The van der Waals surface area contributed by atoms with E-state index < -0.39 is 5.60 Å². The first kappa shape index (κ1) is 18.2. The van der Waals surface area contributed by atoms with E-state index in [9.17, 15) is 4.79 Å². The molecule has 6 heteroatoms. The maximum absolute atomic E-state index is 12.9. The second kappa shape index (κ2) is 6.34. The number of hydrogen-bond donors (Lipinski definition) is 1. The third-order valence-electron chi connectivity index (χ3n) is 6.02. The van der Waals surface area contributed by atoms with Crippen molar-refractivity contribution in [2.45, 2.75) is 70.6 Å². The van der Waals surface area contributed by atoms with Crippen molar-refractivity contribution in [3.63, 3.8) is 0 Å². The van der Waals surface area contributed by atoms with E-state index in [1.54, 1.807) is 0 Å². The molecule has 1 saturated carbocycles. The fourth-order valence-corrected chi connectivity index (χ4v) is 5.13. The van der Waals surface area contributed by atoms with Crippen LogP contribution in [0.25, 0.3) is 11.3 Å². The van der Waals surface area contributed by atoms with Crippen LogP contribution in [0.15, 0.2) is 22.7 Å². The molecule has 2 heterocycles. The normalized spacial score (nSPS) is 25.6. The van der Waals surface area contributed by atoms with Gasteiger partial charge >= 0.3 is 6.09 Å². The lowest BCUT2D eigenvalue weighted by Crippen LogP contribution is -2.38. The number of hydrogen-bond acceptors (Lipinski definition) is 3. The average molecular weight is 444 g/mol. The number of aryl methyl sites for hydroxylation is 2. The maximum Gasteiger partial charge on any atom is 0.411 e.